The van der Waals surface area contributed by atoms with Crippen molar-refractivity contribution in [3.63, 3.8) is 0 Å². The van der Waals surface area contributed by atoms with Crippen LogP contribution in [0.4, 0.5) is 5.69 Å². The van der Waals surface area contributed by atoms with Crippen molar-refractivity contribution in [3.05, 3.63) is 61.0 Å². The van der Waals surface area contributed by atoms with E-state index in [-0.39, 0.29) is 25.8 Å². The number of ether oxygens (including phenoxy) is 1. The Morgan fingerprint density at radius 1 is 1.07 bits per heavy atom. The zero-order valence-electron chi connectivity index (χ0n) is 13.8. The van der Waals surface area contributed by atoms with Gasteiger partial charge in [-0.1, -0.05) is 58.5 Å². The SMILES string of the molecule is O=C(COC(=O)Cn1c(=O)oc2ccccc21)Nc1c(Cl)c(Cl)cc(Cl)c1Cl. The summed E-state index contributed by atoms with van der Waals surface area (Å²) in [6.07, 6.45) is 0. The number of aromatic nitrogens is 1. The van der Waals surface area contributed by atoms with Crippen LogP contribution >= 0.6 is 46.4 Å². The molecule has 0 fully saturated rings. The van der Waals surface area contributed by atoms with Crippen LogP contribution in [0.1, 0.15) is 0 Å². The summed E-state index contributed by atoms with van der Waals surface area (Å²) >= 11 is 23.8. The summed E-state index contributed by atoms with van der Waals surface area (Å²) in [7, 11) is 0. The number of oxazole rings is 1. The molecule has 0 saturated heterocycles. The fourth-order valence-electron chi connectivity index (χ4n) is 2.34. The Balaban J connectivity index is 1.64. The molecule has 146 valence electrons. The Morgan fingerprint density at radius 2 is 1.71 bits per heavy atom. The maximum Gasteiger partial charge on any atom is 0.420 e. The number of rotatable bonds is 5. The van der Waals surface area contributed by atoms with E-state index in [1.807, 2.05) is 0 Å². The van der Waals surface area contributed by atoms with Gasteiger partial charge in [0.1, 0.15) is 6.54 Å². The summed E-state index contributed by atoms with van der Waals surface area (Å²) in [6, 6.07) is 7.92. The molecule has 3 aromatic rings. The number of hydrogen-bond acceptors (Lipinski definition) is 5. The Hall–Kier alpha value is -2.19. The Bertz CT molecular complexity index is 1110. The van der Waals surface area contributed by atoms with Gasteiger partial charge in [-0.05, 0) is 18.2 Å². The number of hydrogen-bond donors (Lipinski definition) is 1. The molecule has 0 saturated carbocycles. The molecule has 0 radical (unpaired) electrons. The van der Waals surface area contributed by atoms with Crippen LogP contribution in [-0.4, -0.2) is 23.1 Å². The van der Waals surface area contributed by atoms with Crippen molar-refractivity contribution in [2.45, 2.75) is 6.54 Å². The summed E-state index contributed by atoms with van der Waals surface area (Å²) in [5.74, 6) is -2.25. The highest BCUT2D eigenvalue weighted by atomic mass is 35.5. The van der Waals surface area contributed by atoms with Crippen molar-refractivity contribution in [1.29, 1.82) is 0 Å². The summed E-state index contributed by atoms with van der Waals surface area (Å²) in [5, 5.41) is 2.55. The van der Waals surface area contributed by atoms with E-state index < -0.39 is 30.8 Å². The molecule has 11 heteroatoms. The van der Waals surface area contributed by atoms with E-state index in [0.29, 0.717) is 11.1 Å². The van der Waals surface area contributed by atoms with E-state index in [4.69, 9.17) is 55.6 Å². The summed E-state index contributed by atoms with van der Waals surface area (Å²) in [6.45, 7) is -1.06. The van der Waals surface area contributed by atoms with Crippen molar-refractivity contribution in [2.75, 3.05) is 11.9 Å². The predicted octanol–water partition coefficient (Wildman–Crippen LogP) is 4.39. The lowest BCUT2D eigenvalue weighted by Crippen LogP contribution is -2.26. The number of benzene rings is 2. The Labute approximate surface area is 177 Å². The van der Waals surface area contributed by atoms with E-state index >= 15 is 0 Å². The normalized spacial score (nSPS) is 10.9. The quantitative estimate of drug-likeness (QED) is 0.447. The first kappa shape index (κ1) is 20.5. The minimum atomic E-state index is -0.815. The highest BCUT2D eigenvalue weighted by Gasteiger charge is 2.18. The average Bonchev–Trinajstić information content (AvgIpc) is 2.97. The number of nitrogens with zero attached hydrogens (tertiary/aromatic N) is 1. The zero-order valence-corrected chi connectivity index (χ0v) is 16.8. The Kier molecular flexibility index (Phi) is 6.20. The molecule has 28 heavy (non-hydrogen) atoms. The minimum Gasteiger partial charge on any atom is -0.454 e. The van der Waals surface area contributed by atoms with Gasteiger partial charge in [0.05, 0.1) is 31.3 Å². The van der Waals surface area contributed by atoms with Gasteiger partial charge in [-0.15, -0.1) is 0 Å². The highest BCUT2D eigenvalue weighted by molar-refractivity contribution is 6.50. The van der Waals surface area contributed by atoms with Crippen LogP contribution < -0.4 is 11.1 Å². The van der Waals surface area contributed by atoms with Crippen molar-refractivity contribution in [2.24, 2.45) is 0 Å². The first-order valence-electron chi connectivity index (χ1n) is 7.64. The van der Waals surface area contributed by atoms with E-state index in [2.05, 4.69) is 5.32 Å². The van der Waals surface area contributed by atoms with Gasteiger partial charge < -0.3 is 14.5 Å². The Morgan fingerprint density at radius 3 is 2.39 bits per heavy atom. The van der Waals surface area contributed by atoms with Crippen LogP contribution in [0, 0.1) is 0 Å². The minimum absolute atomic E-state index is 0.000990. The number of halogens is 4. The highest BCUT2D eigenvalue weighted by Crippen LogP contribution is 2.40. The predicted molar refractivity (Wildman–Crippen MR) is 107 cm³/mol. The van der Waals surface area contributed by atoms with E-state index in [1.165, 1.54) is 6.07 Å². The fraction of sp³-hybridized carbons (Fsp3) is 0.118. The van der Waals surface area contributed by atoms with Gasteiger partial charge in [0.25, 0.3) is 5.91 Å². The van der Waals surface area contributed by atoms with Crippen LogP contribution in [0.5, 0.6) is 0 Å². The molecule has 3 rings (SSSR count). The van der Waals surface area contributed by atoms with Crippen molar-refractivity contribution in [3.8, 4) is 0 Å². The maximum atomic E-state index is 12.0. The van der Waals surface area contributed by atoms with E-state index in [0.717, 1.165) is 4.57 Å². The molecular formula is C17H10Cl4N2O5. The molecule has 0 aliphatic rings. The third-order valence-electron chi connectivity index (χ3n) is 3.60. The van der Waals surface area contributed by atoms with Gasteiger partial charge >= 0.3 is 11.7 Å². The summed E-state index contributed by atoms with van der Waals surface area (Å²) < 4.78 is 11.0. The van der Waals surface area contributed by atoms with Gasteiger partial charge in [0, 0.05) is 0 Å². The molecule has 1 aromatic heterocycles. The summed E-state index contributed by atoms with van der Waals surface area (Å²) in [4.78, 5) is 35.9. The first-order valence-corrected chi connectivity index (χ1v) is 9.16. The van der Waals surface area contributed by atoms with Gasteiger partial charge in [-0.2, -0.15) is 0 Å². The van der Waals surface area contributed by atoms with Crippen LogP contribution in [-0.2, 0) is 20.9 Å². The molecule has 2 aromatic carbocycles. The molecule has 1 heterocycles. The maximum absolute atomic E-state index is 12.0. The molecule has 0 spiro atoms. The van der Waals surface area contributed by atoms with Crippen molar-refractivity contribution < 1.29 is 18.7 Å². The van der Waals surface area contributed by atoms with E-state index in [1.54, 1.807) is 24.3 Å². The second-order valence-corrected chi connectivity index (χ2v) is 7.04. The summed E-state index contributed by atoms with van der Waals surface area (Å²) in [5.41, 5.74) is 0.764. The standard InChI is InChI=1S/C17H10Cl4N2O5/c18-8-5-9(19)15(21)16(14(8)20)22-12(24)7-27-13(25)6-23-10-3-1-2-4-11(10)28-17(23)26/h1-5H,6-7H2,(H,22,24). The lowest BCUT2D eigenvalue weighted by molar-refractivity contribution is -0.147. The van der Waals surface area contributed by atoms with Gasteiger partial charge in [-0.25, -0.2) is 4.79 Å². The zero-order chi connectivity index (χ0) is 20.4. The number of carbonyl (C=O) groups is 2. The monoisotopic (exact) mass is 462 g/mol. The second kappa shape index (κ2) is 8.45. The number of esters is 1. The molecule has 7 nitrogen and oxygen atoms in total. The molecule has 1 amide bonds. The number of nitrogens with one attached hydrogen (secondary N) is 1. The van der Waals surface area contributed by atoms with Gasteiger partial charge in [-0.3, -0.25) is 14.2 Å². The molecule has 0 unspecified atom stereocenters. The largest absolute Gasteiger partial charge is 0.454 e. The number of anilines is 1. The molecule has 0 atom stereocenters. The smallest absolute Gasteiger partial charge is 0.420 e. The van der Waals surface area contributed by atoms with Crippen molar-refractivity contribution >= 4 is 75.1 Å². The molecular weight excluding hydrogens is 454 g/mol. The topological polar surface area (TPSA) is 90.5 Å². The van der Waals surface area contributed by atoms with E-state index in [9.17, 15) is 14.4 Å². The lowest BCUT2D eigenvalue weighted by atomic mass is 10.3. The molecule has 0 aliphatic carbocycles. The van der Waals surface area contributed by atoms with Gasteiger partial charge in [0.15, 0.2) is 12.2 Å². The first-order chi connectivity index (χ1) is 13.3. The third-order valence-corrected chi connectivity index (χ3v) is 5.18. The number of amides is 1. The van der Waals surface area contributed by atoms with Crippen LogP contribution in [0.3, 0.4) is 0 Å². The van der Waals surface area contributed by atoms with Gasteiger partial charge in [0.2, 0.25) is 0 Å². The fourth-order valence-corrected chi connectivity index (χ4v) is 3.25. The number of para-hydroxylation sites is 2. The average molecular weight is 464 g/mol. The lowest BCUT2D eigenvalue weighted by Gasteiger charge is -2.12. The molecule has 1 N–H and O–H groups in total. The van der Waals surface area contributed by atoms with Crippen molar-refractivity contribution in [1.82, 2.24) is 4.57 Å². The van der Waals surface area contributed by atoms with Crippen LogP contribution in [0.2, 0.25) is 20.1 Å². The van der Waals surface area contributed by atoms with Crippen LogP contribution in [0.15, 0.2) is 39.5 Å². The second-order valence-electron chi connectivity index (χ2n) is 5.47. The molecule has 0 bridgehead atoms. The molecule has 0 aliphatic heterocycles. The number of fused-ring (bicyclic) bond motifs is 1. The third kappa shape index (κ3) is 4.28. The van der Waals surface area contributed by atoms with Crippen LogP contribution in [0.25, 0.3) is 11.1 Å². The number of carbonyl (C=O) groups excluding carboxylic acids is 2.